The van der Waals surface area contributed by atoms with Gasteiger partial charge in [-0.2, -0.15) is 0 Å². The minimum Gasteiger partial charge on any atom is -0.374 e. The number of rotatable bonds is 6. The second-order valence-electron chi connectivity index (χ2n) is 5.02. The highest BCUT2D eigenvalue weighted by molar-refractivity contribution is 8.01. The quantitative estimate of drug-likeness (QED) is 0.511. The van der Waals surface area contributed by atoms with Gasteiger partial charge in [0.1, 0.15) is 0 Å². The monoisotopic (exact) mass is 370 g/mol. The first-order chi connectivity index (χ1) is 12.1. The molecule has 0 aliphatic rings. The Kier molecular flexibility index (Phi) is 5.42. The van der Waals surface area contributed by atoms with Gasteiger partial charge < -0.3 is 11.1 Å². The highest BCUT2D eigenvalue weighted by Gasteiger charge is 2.10. The molecule has 0 aliphatic carbocycles. The molecule has 0 aliphatic heterocycles. The van der Waals surface area contributed by atoms with Crippen LogP contribution in [0.2, 0.25) is 0 Å². The number of hydrogen-bond acceptors (Lipinski definition) is 7. The van der Waals surface area contributed by atoms with Crippen molar-refractivity contribution in [3.05, 3.63) is 65.7 Å². The Bertz CT molecular complexity index is 879. The van der Waals surface area contributed by atoms with Gasteiger partial charge in [-0.3, -0.25) is 9.59 Å². The average Bonchev–Trinajstić information content (AvgIpc) is 3.06. The fraction of sp³-hybridized carbons (Fsp3) is 0.0588. The maximum atomic E-state index is 12.3. The van der Waals surface area contributed by atoms with Crippen LogP contribution in [0.1, 0.15) is 15.9 Å². The molecule has 8 heteroatoms. The summed E-state index contributed by atoms with van der Waals surface area (Å²) >= 11 is 2.51. The summed E-state index contributed by atoms with van der Waals surface area (Å²) in [7, 11) is 0. The summed E-state index contributed by atoms with van der Waals surface area (Å²) in [4.78, 5) is 24.3. The lowest BCUT2D eigenvalue weighted by Crippen LogP contribution is -2.14. The second-order valence-corrected chi connectivity index (χ2v) is 7.25. The summed E-state index contributed by atoms with van der Waals surface area (Å²) in [6, 6.07) is 15.9. The molecule has 3 aromatic rings. The number of aromatic nitrogens is 2. The zero-order valence-corrected chi connectivity index (χ0v) is 14.6. The van der Waals surface area contributed by atoms with Crippen molar-refractivity contribution in [1.82, 2.24) is 10.2 Å². The molecule has 3 N–H and O–H groups in total. The van der Waals surface area contributed by atoms with Gasteiger partial charge >= 0.3 is 0 Å². The Labute approximate surface area is 152 Å². The number of nitrogen functional groups attached to an aromatic ring is 1. The molecule has 0 spiro atoms. The molecule has 1 amide bonds. The summed E-state index contributed by atoms with van der Waals surface area (Å²) in [5.41, 5.74) is 7.33. The van der Waals surface area contributed by atoms with Crippen LogP contribution in [0.4, 0.5) is 10.8 Å². The molecule has 0 unspecified atom stereocenters. The fourth-order valence-corrected chi connectivity index (χ4v) is 3.50. The van der Waals surface area contributed by atoms with Crippen LogP contribution in [0.15, 0.2) is 58.9 Å². The van der Waals surface area contributed by atoms with E-state index < -0.39 is 0 Å². The van der Waals surface area contributed by atoms with Crippen LogP contribution in [0.25, 0.3) is 0 Å². The molecule has 0 radical (unpaired) electrons. The largest absolute Gasteiger partial charge is 0.374 e. The van der Waals surface area contributed by atoms with Gasteiger partial charge in [-0.25, -0.2) is 0 Å². The van der Waals surface area contributed by atoms with Crippen LogP contribution in [0.5, 0.6) is 0 Å². The maximum absolute atomic E-state index is 12.3. The lowest BCUT2D eigenvalue weighted by molar-refractivity contribution is -0.113. The van der Waals surface area contributed by atoms with E-state index in [1.165, 1.54) is 23.1 Å². The van der Waals surface area contributed by atoms with Crippen LogP contribution in [-0.4, -0.2) is 27.6 Å². The minimum atomic E-state index is -0.166. The van der Waals surface area contributed by atoms with Crippen molar-refractivity contribution < 1.29 is 9.59 Å². The Balaban J connectivity index is 1.57. The number of nitrogens with zero attached hydrogens (tertiary/aromatic N) is 2. The fourth-order valence-electron chi connectivity index (χ4n) is 2.06. The molecule has 0 bridgehead atoms. The van der Waals surface area contributed by atoms with E-state index in [-0.39, 0.29) is 17.4 Å². The number of nitrogens with one attached hydrogen (secondary N) is 1. The van der Waals surface area contributed by atoms with Crippen molar-refractivity contribution in [2.45, 2.75) is 4.34 Å². The van der Waals surface area contributed by atoms with Crippen LogP contribution < -0.4 is 11.1 Å². The van der Waals surface area contributed by atoms with E-state index in [0.717, 1.165) is 0 Å². The van der Waals surface area contributed by atoms with Gasteiger partial charge in [0.2, 0.25) is 11.0 Å². The highest BCUT2D eigenvalue weighted by atomic mass is 32.2. The maximum Gasteiger partial charge on any atom is 0.234 e. The molecule has 25 heavy (non-hydrogen) atoms. The van der Waals surface area contributed by atoms with Crippen molar-refractivity contribution in [2.75, 3.05) is 16.8 Å². The number of hydrogen-bond donors (Lipinski definition) is 2. The summed E-state index contributed by atoms with van der Waals surface area (Å²) < 4.78 is 0.649. The minimum absolute atomic E-state index is 0.0529. The summed E-state index contributed by atoms with van der Waals surface area (Å²) in [5.74, 6) is -0.0110. The third kappa shape index (κ3) is 4.65. The third-order valence-corrected chi connectivity index (χ3v) is 5.10. The summed E-state index contributed by atoms with van der Waals surface area (Å²) in [5, 5.41) is 10.7. The predicted octanol–water partition coefficient (Wildman–Crippen LogP) is 3.08. The molecule has 0 saturated carbocycles. The average molecular weight is 370 g/mol. The van der Waals surface area contributed by atoms with Crippen LogP contribution in [-0.2, 0) is 4.79 Å². The Morgan fingerprint density at radius 1 is 1.00 bits per heavy atom. The van der Waals surface area contributed by atoms with Crippen LogP contribution in [0, 0.1) is 0 Å². The molecular formula is C17H14N4O2S2. The van der Waals surface area contributed by atoms with E-state index in [1.807, 2.05) is 18.2 Å². The second kappa shape index (κ2) is 7.91. The molecule has 0 atom stereocenters. The smallest absolute Gasteiger partial charge is 0.234 e. The zero-order valence-electron chi connectivity index (χ0n) is 13.0. The third-order valence-electron chi connectivity index (χ3n) is 3.22. The van der Waals surface area contributed by atoms with E-state index in [0.29, 0.717) is 26.3 Å². The van der Waals surface area contributed by atoms with E-state index in [1.54, 1.807) is 36.4 Å². The Hall–Kier alpha value is -2.71. The van der Waals surface area contributed by atoms with Crippen molar-refractivity contribution in [1.29, 1.82) is 0 Å². The van der Waals surface area contributed by atoms with Crippen molar-refractivity contribution >= 4 is 45.6 Å². The first-order valence-corrected chi connectivity index (χ1v) is 9.13. The number of amides is 1. The van der Waals surface area contributed by atoms with E-state index in [2.05, 4.69) is 15.5 Å². The number of thioether (sulfide) groups is 1. The predicted molar refractivity (Wildman–Crippen MR) is 100.0 cm³/mol. The van der Waals surface area contributed by atoms with Gasteiger partial charge in [0.25, 0.3) is 0 Å². The van der Waals surface area contributed by atoms with Crippen molar-refractivity contribution in [3.8, 4) is 0 Å². The number of ketones is 1. The first kappa shape index (κ1) is 17.1. The SMILES string of the molecule is Nc1nnc(SCC(=O)Nc2ccc(C(=O)c3ccccc3)cc2)s1. The number of nitrogens with two attached hydrogens (primary N) is 1. The number of carbonyl (C=O) groups is 2. The highest BCUT2D eigenvalue weighted by Crippen LogP contribution is 2.23. The van der Waals surface area contributed by atoms with Gasteiger partial charge in [0.15, 0.2) is 10.1 Å². The number of benzene rings is 2. The first-order valence-electron chi connectivity index (χ1n) is 7.33. The van der Waals surface area contributed by atoms with Gasteiger partial charge in [-0.1, -0.05) is 53.4 Å². The van der Waals surface area contributed by atoms with E-state index in [4.69, 9.17) is 5.73 Å². The molecule has 1 aromatic heterocycles. The molecular weight excluding hydrogens is 356 g/mol. The normalized spacial score (nSPS) is 10.4. The van der Waals surface area contributed by atoms with Crippen LogP contribution >= 0.6 is 23.1 Å². The van der Waals surface area contributed by atoms with Gasteiger partial charge in [-0.15, -0.1) is 10.2 Å². The molecule has 126 valence electrons. The molecule has 0 saturated heterocycles. The molecule has 6 nitrogen and oxygen atoms in total. The Morgan fingerprint density at radius 2 is 1.68 bits per heavy atom. The van der Waals surface area contributed by atoms with Crippen molar-refractivity contribution in [3.63, 3.8) is 0 Å². The molecule has 2 aromatic carbocycles. The Morgan fingerprint density at radius 3 is 2.32 bits per heavy atom. The van der Waals surface area contributed by atoms with E-state index >= 15 is 0 Å². The summed E-state index contributed by atoms with van der Waals surface area (Å²) in [6.45, 7) is 0. The number of carbonyl (C=O) groups excluding carboxylic acids is 2. The summed E-state index contributed by atoms with van der Waals surface area (Å²) in [6.07, 6.45) is 0. The lowest BCUT2D eigenvalue weighted by Gasteiger charge is -2.06. The standard InChI is InChI=1S/C17H14N4O2S2/c18-16-20-21-17(25-16)24-10-14(22)19-13-8-6-12(7-9-13)15(23)11-4-2-1-3-5-11/h1-9H,10H2,(H2,18,20)(H,19,22). The molecule has 0 fully saturated rings. The topological polar surface area (TPSA) is 98.0 Å². The van der Waals surface area contributed by atoms with E-state index in [9.17, 15) is 9.59 Å². The lowest BCUT2D eigenvalue weighted by atomic mass is 10.0. The van der Waals surface area contributed by atoms with Crippen molar-refractivity contribution in [2.24, 2.45) is 0 Å². The van der Waals surface area contributed by atoms with Gasteiger partial charge in [0, 0.05) is 16.8 Å². The zero-order chi connectivity index (χ0) is 17.6. The van der Waals surface area contributed by atoms with Gasteiger partial charge in [-0.05, 0) is 24.3 Å². The van der Waals surface area contributed by atoms with Gasteiger partial charge in [0.05, 0.1) is 5.75 Å². The molecule has 1 heterocycles. The van der Waals surface area contributed by atoms with Crippen LogP contribution in [0.3, 0.4) is 0 Å². The molecule has 3 rings (SSSR count). The number of anilines is 2.